The summed E-state index contributed by atoms with van der Waals surface area (Å²) in [5, 5.41) is 12.8. The minimum Gasteiger partial charge on any atom is -0.490 e. The third kappa shape index (κ3) is 2.67. The zero-order chi connectivity index (χ0) is 23.3. The number of alkyl halides is 2. The molecule has 2 fully saturated rings. The van der Waals surface area contributed by atoms with Gasteiger partial charge in [-0.3, -0.25) is 0 Å². The quantitative estimate of drug-likeness (QED) is 0.714. The van der Waals surface area contributed by atoms with E-state index in [2.05, 4.69) is 15.3 Å². The molecule has 1 unspecified atom stereocenters. The van der Waals surface area contributed by atoms with Gasteiger partial charge in [-0.15, -0.1) is 0 Å². The molecule has 1 aliphatic carbocycles. The van der Waals surface area contributed by atoms with Gasteiger partial charge in [0.05, 0.1) is 17.8 Å². The standard InChI is InChI=1S/C23H24F2N4O4/c1-11-15(30)9-29(11)19-26-17(13-6-7-23(24,25)18(13)27-19)12-4-5-14-16(8-12)32-10-22(14)21(2,3)33-20(31)28-22/h4-5,8,11,15,30H,6-7,9-10H2,1-3H3,(H,28,31)/t11-,15+,22?/m0/s1. The Kier molecular flexibility index (Phi) is 3.94. The number of carbonyl (C=O) groups is 1. The molecule has 4 heterocycles. The van der Waals surface area contributed by atoms with Crippen LogP contribution in [-0.4, -0.2) is 52.1 Å². The molecule has 1 aromatic carbocycles. The Morgan fingerprint density at radius 2 is 2.06 bits per heavy atom. The number of β-amino-alcohol motifs (C(OH)–C–C–N with tert-alkyl or cyclic N) is 1. The van der Waals surface area contributed by atoms with E-state index in [-0.39, 0.29) is 37.1 Å². The predicted molar refractivity (Wildman–Crippen MR) is 113 cm³/mol. The number of nitrogens with zero attached hydrogens (tertiary/aromatic N) is 3. The molecular weight excluding hydrogens is 434 g/mol. The molecule has 174 valence electrons. The van der Waals surface area contributed by atoms with E-state index in [1.807, 2.05) is 32.9 Å². The van der Waals surface area contributed by atoms with Crippen LogP contribution in [0.4, 0.5) is 19.5 Å². The zero-order valence-electron chi connectivity index (χ0n) is 18.5. The maximum atomic E-state index is 14.7. The number of aromatic nitrogens is 2. The molecule has 4 aliphatic rings. The van der Waals surface area contributed by atoms with Gasteiger partial charge in [0.2, 0.25) is 5.95 Å². The molecule has 33 heavy (non-hydrogen) atoms. The van der Waals surface area contributed by atoms with Crippen LogP contribution in [0.5, 0.6) is 5.75 Å². The molecule has 1 amide bonds. The Balaban J connectivity index is 1.46. The number of amides is 1. The summed E-state index contributed by atoms with van der Waals surface area (Å²) in [5.41, 5.74) is 0.399. The number of alkyl carbamates (subject to hydrolysis) is 1. The lowest BCUT2D eigenvalue weighted by Crippen LogP contribution is -2.59. The van der Waals surface area contributed by atoms with Crippen molar-refractivity contribution < 1.29 is 28.2 Å². The third-order valence-corrected chi connectivity index (χ3v) is 7.57. The fraction of sp³-hybridized carbons (Fsp3) is 0.522. The molecule has 3 aliphatic heterocycles. The highest BCUT2D eigenvalue weighted by molar-refractivity contribution is 5.76. The van der Waals surface area contributed by atoms with Gasteiger partial charge in [0.1, 0.15) is 29.2 Å². The number of anilines is 1. The number of benzene rings is 1. The van der Waals surface area contributed by atoms with E-state index in [0.29, 0.717) is 29.1 Å². The van der Waals surface area contributed by atoms with Crippen LogP contribution in [0.1, 0.15) is 44.0 Å². The Labute approximate surface area is 188 Å². The van der Waals surface area contributed by atoms with Crippen LogP contribution in [-0.2, 0) is 22.6 Å². The van der Waals surface area contributed by atoms with Gasteiger partial charge in [-0.1, -0.05) is 12.1 Å². The minimum absolute atomic E-state index is 0.176. The first-order valence-electron chi connectivity index (χ1n) is 11.1. The molecule has 1 spiro atoms. The van der Waals surface area contributed by atoms with Gasteiger partial charge >= 0.3 is 6.09 Å². The van der Waals surface area contributed by atoms with E-state index in [9.17, 15) is 18.7 Å². The molecule has 2 saturated heterocycles. The van der Waals surface area contributed by atoms with Gasteiger partial charge in [0, 0.05) is 29.7 Å². The van der Waals surface area contributed by atoms with Crippen molar-refractivity contribution in [3.05, 3.63) is 35.0 Å². The van der Waals surface area contributed by atoms with E-state index in [4.69, 9.17) is 9.47 Å². The summed E-state index contributed by atoms with van der Waals surface area (Å²) in [6.45, 7) is 5.97. The average Bonchev–Trinajstić information content (AvgIpc) is 3.36. The number of cyclic esters (lactones) is 1. The number of halogens is 2. The second kappa shape index (κ2) is 6.31. The highest BCUT2D eigenvalue weighted by atomic mass is 19.3. The first kappa shape index (κ1) is 20.6. The highest BCUT2D eigenvalue weighted by Crippen LogP contribution is 2.50. The molecule has 8 nitrogen and oxygen atoms in total. The summed E-state index contributed by atoms with van der Waals surface area (Å²) >= 11 is 0. The van der Waals surface area contributed by atoms with Crippen LogP contribution < -0.4 is 15.0 Å². The smallest absolute Gasteiger partial charge is 0.408 e. The Morgan fingerprint density at radius 1 is 1.27 bits per heavy atom. The lowest BCUT2D eigenvalue weighted by Gasteiger charge is -2.43. The summed E-state index contributed by atoms with van der Waals surface area (Å²) in [7, 11) is 0. The number of nitrogens with one attached hydrogen (secondary N) is 1. The summed E-state index contributed by atoms with van der Waals surface area (Å²) < 4.78 is 40.8. The van der Waals surface area contributed by atoms with E-state index in [1.165, 1.54) is 0 Å². The van der Waals surface area contributed by atoms with Gasteiger partial charge < -0.3 is 24.8 Å². The lowest BCUT2D eigenvalue weighted by atomic mass is 9.78. The van der Waals surface area contributed by atoms with E-state index in [1.54, 1.807) is 11.0 Å². The maximum Gasteiger partial charge on any atom is 0.408 e. The molecule has 2 aromatic rings. The van der Waals surface area contributed by atoms with Crippen molar-refractivity contribution in [1.29, 1.82) is 0 Å². The summed E-state index contributed by atoms with van der Waals surface area (Å²) in [6.07, 6.45) is -1.18. The van der Waals surface area contributed by atoms with Crippen LogP contribution in [0, 0.1) is 0 Å². The molecule has 0 saturated carbocycles. The second-order valence-electron chi connectivity index (χ2n) is 9.79. The Bertz CT molecular complexity index is 1200. The monoisotopic (exact) mass is 458 g/mol. The van der Waals surface area contributed by atoms with Gasteiger partial charge in [-0.2, -0.15) is 8.78 Å². The van der Waals surface area contributed by atoms with Crippen molar-refractivity contribution in [2.24, 2.45) is 0 Å². The zero-order valence-corrected chi connectivity index (χ0v) is 18.5. The van der Waals surface area contributed by atoms with Crippen LogP contribution in [0.2, 0.25) is 0 Å². The minimum atomic E-state index is -3.03. The van der Waals surface area contributed by atoms with Crippen molar-refractivity contribution in [3.8, 4) is 17.0 Å². The van der Waals surface area contributed by atoms with Gasteiger partial charge in [0.15, 0.2) is 0 Å². The highest BCUT2D eigenvalue weighted by Gasteiger charge is 2.60. The molecule has 2 N–H and O–H groups in total. The maximum absolute atomic E-state index is 14.7. The number of ether oxygens (including phenoxy) is 2. The largest absolute Gasteiger partial charge is 0.490 e. The van der Waals surface area contributed by atoms with E-state index >= 15 is 0 Å². The first-order chi connectivity index (χ1) is 15.5. The number of fused-ring (bicyclic) bond motifs is 3. The summed E-state index contributed by atoms with van der Waals surface area (Å²) in [4.78, 5) is 22.6. The van der Waals surface area contributed by atoms with Crippen molar-refractivity contribution in [2.75, 3.05) is 18.1 Å². The van der Waals surface area contributed by atoms with Crippen LogP contribution in [0.3, 0.4) is 0 Å². The number of aliphatic hydroxyl groups excluding tert-OH is 1. The molecule has 1 aromatic heterocycles. The predicted octanol–water partition coefficient (Wildman–Crippen LogP) is 2.86. The lowest BCUT2D eigenvalue weighted by molar-refractivity contribution is -0.00604. The SMILES string of the molecule is C[C@H]1[C@H](O)CN1c1nc(-c2ccc3c(c2)OCC32NC(=O)OC2(C)C)c2c(n1)C(F)(F)CC2. The van der Waals surface area contributed by atoms with E-state index in [0.717, 1.165) is 5.56 Å². The molecule has 0 radical (unpaired) electrons. The number of hydrogen-bond donors (Lipinski definition) is 2. The van der Waals surface area contributed by atoms with Crippen LogP contribution in [0.15, 0.2) is 18.2 Å². The Morgan fingerprint density at radius 3 is 2.73 bits per heavy atom. The van der Waals surface area contributed by atoms with Crippen LogP contribution in [0.25, 0.3) is 11.3 Å². The number of rotatable bonds is 2. The van der Waals surface area contributed by atoms with Crippen molar-refractivity contribution in [1.82, 2.24) is 15.3 Å². The Hall–Kier alpha value is -3.01. The average molecular weight is 458 g/mol. The summed E-state index contributed by atoms with van der Waals surface area (Å²) in [6, 6.07) is 5.18. The molecule has 10 heteroatoms. The molecule has 3 atom stereocenters. The van der Waals surface area contributed by atoms with Gasteiger partial charge in [-0.25, -0.2) is 14.8 Å². The topological polar surface area (TPSA) is 96.8 Å². The van der Waals surface area contributed by atoms with Crippen molar-refractivity contribution in [3.63, 3.8) is 0 Å². The fourth-order valence-corrected chi connectivity index (χ4v) is 5.31. The second-order valence-corrected chi connectivity index (χ2v) is 9.79. The van der Waals surface area contributed by atoms with Crippen molar-refractivity contribution in [2.45, 2.75) is 62.8 Å². The number of carbonyl (C=O) groups excluding carboxylic acids is 1. The molecular formula is C23H24F2N4O4. The fourth-order valence-electron chi connectivity index (χ4n) is 5.31. The van der Waals surface area contributed by atoms with Crippen molar-refractivity contribution >= 4 is 12.0 Å². The third-order valence-electron chi connectivity index (χ3n) is 7.57. The number of aliphatic hydroxyl groups is 1. The first-order valence-corrected chi connectivity index (χ1v) is 11.1. The van der Waals surface area contributed by atoms with Crippen LogP contribution >= 0.6 is 0 Å². The summed E-state index contributed by atoms with van der Waals surface area (Å²) in [5.74, 6) is -2.28. The van der Waals surface area contributed by atoms with Gasteiger partial charge in [0.25, 0.3) is 5.92 Å². The molecule has 0 bridgehead atoms. The van der Waals surface area contributed by atoms with Gasteiger partial charge in [-0.05, 0) is 33.3 Å². The molecule has 6 rings (SSSR count). The normalized spacial score (nSPS) is 30.4. The van der Waals surface area contributed by atoms with E-state index < -0.39 is 29.3 Å². The number of hydrogen-bond acceptors (Lipinski definition) is 7.